The molecule has 6 nitrogen and oxygen atoms in total. The minimum Gasteiger partial charge on any atom is -0.486 e. The van der Waals surface area contributed by atoms with Gasteiger partial charge in [-0.25, -0.2) is 0 Å². The van der Waals surface area contributed by atoms with Gasteiger partial charge in [0.1, 0.15) is 12.4 Å². The highest BCUT2D eigenvalue weighted by atomic mass is 32.2. The summed E-state index contributed by atoms with van der Waals surface area (Å²) in [5, 5.41) is 13.3. The Morgan fingerprint density at radius 3 is 2.97 bits per heavy atom. The first-order chi connectivity index (χ1) is 14.1. The van der Waals surface area contributed by atoms with Crippen LogP contribution in [0, 0.1) is 6.92 Å². The molecule has 0 atom stereocenters. The number of rotatable bonds is 10. The molecule has 29 heavy (non-hydrogen) atoms. The number of carbonyl (C=O) groups excluding carboxylic acids is 1. The minimum atomic E-state index is 0.0481. The molecule has 0 saturated carbocycles. The van der Waals surface area contributed by atoms with Crippen LogP contribution in [0.4, 0.5) is 0 Å². The number of allylic oxidation sites excluding steroid dienone is 1. The molecule has 0 N–H and O–H groups in total. The van der Waals surface area contributed by atoms with Crippen molar-refractivity contribution in [3.8, 4) is 5.75 Å². The smallest absolute Gasteiger partial charge is 0.233 e. The summed E-state index contributed by atoms with van der Waals surface area (Å²) >= 11 is 3.01. The lowest BCUT2D eigenvalue weighted by Gasteiger charge is -2.16. The topological polar surface area (TPSA) is 60.2 Å². The van der Waals surface area contributed by atoms with Crippen LogP contribution in [0.3, 0.4) is 0 Å². The third-order valence-corrected chi connectivity index (χ3v) is 5.90. The van der Waals surface area contributed by atoms with Crippen LogP contribution in [-0.2, 0) is 24.5 Å². The number of aromatic nitrogens is 3. The standard InChI is InChI=1S/C21H24N4O2S2/c1-4-9-25-19(13-27-18-7-5-6-16(2)11-18)22-23-21(25)29-15-20(26)24(3)12-17-8-10-28-14-17/h4-8,10-11,14H,1,9,12-13,15H2,2-3H3. The van der Waals surface area contributed by atoms with Gasteiger partial charge in [0, 0.05) is 20.1 Å². The number of amides is 1. The van der Waals surface area contributed by atoms with Crippen LogP contribution in [0.1, 0.15) is 17.0 Å². The molecule has 2 heterocycles. The van der Waals surface area contributed by atoms with E-state index in [2.05, 4.69) is 22.2 Å². The lowest BCUT2D eigenvalue weighted by atomic mass is 10.2. The molecule has 0 spiro atoms. The van der Waals surface area contributed by atoms with E-state index < -0.39 is 0 Å². The molecule has 1 amide bonds. The molecule has 0 fully saturated rings. The Bertz CT molecular complexity index is 954. The fourth-order valence-corrected chi connectivity index (χ4v) is 4.25. The number of carbonyl (C=O) groups is 1. The van der Waals surface area contributed by atoms with E-state index in [1.807, 2.05) is 54.3 Å². The monoisotopic (exact) mass is 428 g/mol. The fraction of sp³-hybridized carbons (Fsp3) is 0.286. The first-order valence-corrected chi connectivity index (χ1v) is 11.1. The molecular formula is C21H24N4O2S2. The van der Waals surface area contributed by atoms with Crippen molar-refractivity contribution in [3.63, 3.8) is 0 Å². The van der Waals surface area contributed by atoms with E-state index >= 15 is 0 Å². The average molecular weight is 429 g/mol. The molecule has 152 valence electrons. The van der Waals surface area contributed by atoms with Crippen LogP contribution in [0.25, 0.3) is 0 Å². The SMILES string of the molecule is C=CCn1c(COc2cccc(C)c2)nnc1SCC(=O)N(C)Cc1ccsc1. The number of benzene rings is 1. The van der Waals surface area contributed by atoms with Gasteiger partial charge in [0.2, 0.25) is 5.91 Å². The van der Waals surface area contributed by atoms with Crippen molar-refractivity contribution in [2.75, 3.05) is 12.8 Å². The van der Waals surface area contributed by atoms with Crippen LogP contribution < -0.4 is 4.74 Å². The molecule has 1 aromatic carbocycles. The minimum absolute atomic E-state index is 0.0481. The van der Waals surface area contributed by atoms with Crippen molar-refractivity contribution in [3.05, 3.63) is 70.7 Å². The van der Waals surface area contributed by atoms with Crippen LogP contribution >= 0.6 is 23.1 Å². The highest BCUT2D eigenvalue weighted by molar-refractivity contribution is 7.99. The second kappa shape index (κ2) is 10.3. The van der Waals surface area contributed by atoms with Gasteiger partial charge >= 0.3 is 0 Å². The Morgan fingerprint density at radius 1 is 1.38 bits per heavy atom. The van der Waals surface area contributed by atoms with Gasteiger partial charge in [-0.05, 0) is 47.0 Å². The Hall–Kier alpha value is -2.58. The molecule has 0 aliphatic heterocycles. The maximum absolute atomic E-state index is 12.5. The van der Waals surface area contributed by atoms with Crippen molar-refractivity contribution in [1.82, 2.24) is 19.7 Å². The number of thioether (sulfide) groups is 1. The van der Waals surface area contributed by atoms with Gasteiger partial charge < -0.3 is 9.64 Å². The van der Waals surface area contributed by atoms with E-state index in [-0.39, 0.29) is 5.91 Å². The molecule has 8 heteroatoms. The number of hydrogen-bond acceptors (Lipinski definition) is 6. The zero-order chi connectivity index (χ0) is 20.6. The predicted molar refractivity (Wildman–Crippen MR) is 117 cm³/mol. The summed E-state index contributed by atoms with van der Waals surface area (Å²) in [6, 6.07) is 9.90. The number of nitrogens with zero attached hydrogens (tertiary/aromatic N) is 4. The lowest BCUT2D eigenvalue weighted by Crippen LogP contribution is -2.27. The molecule has 0 unspecified atom stereocenters. The first-order valence-electron chi connectivity index (χ1n) is 9.17. The molecule has 0 aliphatic rings. The summed E-state index contributed by atoms with van der Waals surface area (Å²) in [6.07, 6.45) is 1.79. The zero-order valence-electron chi connectivity index (χ0n) is 16.6. The van der Waals surface area contributed by atoms with Crippen LogP contribution in [0.2, 0.25) is 0 Å². The van der Waals surface area contributed by atoms with Crippen molar-refractivity contribution < 1.29 is 9.53 Å². The van der Waals surface area contributed by atoms with E-state index in [9.17, 15) is 4.79 Å². The fourth-order valence-electron chi connectivity index (χ4n) is 2.68. The van der Waals surface area contributed by atoms with Gasteiger partial charge in [0.25, 0.3) is 0 Å². The molecule has 3 rings (SSSR count). The Kier molecular flexibility index (Phi) is 7.48. The number of thiophene rings is 1. The maximum Gasteiger partial charge on any atom is 0.233 e. The summed E-state index contributed by atoms with van der Waals surface area (Å²) in [5.41, 5.74) is 2.28. The van der Waals surface area contributed by atoms with Crippen LogP contribution in [0.5, 0.6) is 5.75 Å². The third kappa shape index (κ3) is 5.95. The first kappa shape index (κ1) is 21.1. The second-order valence-electron chi connectivity index (χ2n) is 6.57. The van der Waals surface area contributed by atoms with E-state index in [4.69, 9.17) is 4.74 Å². The number of ether oxygens (including phenoxy) is 1. The van der Waals surface area contributed by atoms with Gasteiger partial charge in [-0.15, -0.1) is 16.8 Å². The predicted octanol–water partition coefficient (Wildman–Crippen LogP) is 4.16. The molecule has 0 saturated heterocycles. The normalized spacial score (nSPS) is 10.7. The van der Waals surface area contributed by atoms with Crippen LogP contribution in [-0.4, -0.2) is 38.4 Å². The summed E-state index contributed by atoms with van der Waals surface area (Å²) in [4.78, 5) is 14.2. The van der Waals surface area contributed by atoms with Gasteiger partial charge in [-0.1, -0.05) is 30.0 Å². The van der Waals surface area contributed by atoms with Crippen LogP contribution in [0.15, 0.2) is 58.9 Å². The van der Waals surface area contributed by atoms with Gasteiger partial charge in [-0.3, -0.25) is 9.36 Å². The highest BCUT2D eigenvalue weighted by Crippen LogP contribution is 2.20. The van der Waals surface area contributed by atoms with E-state index in [1.165, 1.54) is 11.8 Å². The molecule has 0 bridgehead atoms. The summed E-state index contributed by atoms with van der Waals surface area (Å²) in [7, 11) is 1.82. The van der Waals surface area contributed by atoms with Gasteiger partial charge in [-0.2, -0.15) is 11.3 Å². The maximum atomic E-state index is 12.5. The molecule has 0 radical (unpaired) electrons. The van der Waals surface area contributed by atoms with Gasteiger partial charge in [0.05, 0.1) is 5.75 Å². The van der Waals surface area contributed by atoms with Crippen molar-refractivity contribution in [1.29, 1.82) is 0 Å². The van der Waals surface area contributed by atoms with E-state index in [0.29, 0.717) is 36.4 Å². The van der Waals surface area contributed by atoms with E-state index in [1.54, 1.807) is 22.3 Å². The lowest BCUT2D eigenvalue weighted by molar-refractivity contribution is -0.127. The van der Waals surface area contributed by atoms with Crippen molar-refractivity contribution in [2.24, 2.45) is 0 Å². The van der Waals surface area contributed by atoms with Crippen molar-refractivity contribution >= 4 is 29.0 Å². The number of aryl methyl sites for hydroxylation is 1. The largest absolute Gasteiger partial charge is 0.486 e. The zero-order valence-corrected chi connectivity index (χ0v) is 18.2. The molecule has 2 aromatic heterocycles. The van der Waals surface area contributed by atoms with Crippen molar-refractivity contribution in [2.45, 2.75) is 31.8 Å². The molecule has 3 aromatic rings. The molecule has 0 aliphatic carbocycles. The summed E-state index contributed by atoms with van der Waals surface area (Å²) in [5.74, 6) is 1.84. The summed E-state index contributed by atoms with van der Waals surface area (Å²) in [6.45, 7) is 7.30. The number of hydrogen-bond donors (Lipinski definition) is 0. The quantitative estimate of drug-likeness (QED) is 0.358. The summed E-state index contributed by atoms with van der Waals surface area (Å²) < 4.78 is 7.78. The Labute approximate surface area is 179 Å². The Morgan fingerprint density at radius 2 is 2.24 bits per heavy atom. The van der Waals surface area contributed by atoms with Gasteiger partial charge in [0.15, 0.2) is 11.0 Å². The average Bonchev–Trinajstić information content (AvgIpc) is 3.35. The third-order valence-electron chi connectivity index (χ3n) is 4.21. The van der Waals surface area contributed by atoms with E-state index in [0.717, 1.165) is 16.9 Å². The second-order valence-corrected chi connectivity index (χ2v) is 8.30. The Balaban J connectivity index is 1.60. The molecular weight excluding hydrogens is 404 g/mol. The highest BCUT2D eigenvalue weighted by Gasteiger charge is 2.16.